The first-order valence-corrected chi connectivity index (χ1v) is 12.9. The van der Waals surface area contributed by atoms with Crippen molar-refractivity contribution in [1.82, 2.24) is 0 Å². The molecule has 2 amide bonds. The lowest BCUT2D eigenvalue weighted by molar-refractivity contribution is -0.384. The number of rotatable bonds is 4. The van der Waals surface area contributed by atoms with E-state index < -0.39 is 34.0 Å². The van der Waals surface area contributed by atoms with Crippen LogP contribution in [-0.2, 0) is 15.0 Å². The summed E-state index contributed by atoms with van der Waals surface area (Å²) in [6.45, 7) is 0. The highest BCUT2D eigenvalue weighted by Crippen LogP contribution is 2.64. The van der Waals surface area contributed by atoms with Crippen LogP contribution in [0.25, 0.3) is 0 Å². The van der Waals surface area contributed by atoms with Crippen LogP contribution in [0, 0.1) is 22.0 Å². The van der Waals surface area contributed by atoms with E-state index in [9.17, 15) is 19.7 Å². The predicted molar refractivity (Wildman–Crippen MR) is 148 cm³/mol. The number of amides is 2. The molecular weight excluding hydrogens is 514 g/mol. The van der Waals surface area contributed by atoms with Crippen LogP contribution in [0.4, 0.5) is 17.1 Å². The normalized spacial score (nSPS) is 24.5. The molecule has 4 aliphatic rings. The Labute approximate surface area is 228 Å². The van der Waals surface area contributed by atoms with E-state index in [0.717, 1.165) is 27.2 Å². The molecule has 2 atom stereocenters. The summed E-state index contributed by atoms with van der Waals surface area (Å²) in [5.41, 5.74) is 2.98. The number of hydrogen-bond donors (Lipinski definition) is 0. The fourth-order valence-corrected chi connectivity index (χ4v) is 7.01. The van der Waals surface area contributed by atoms with Crippen LogP contribution in [0.15, 0.2) is 102 Å². The third-order valence-corrected chi connectivity index (χ3v) is 8.46. The highest BCUT2D eigenvalue weighted by atomic mass is 35.5. The number of para-hydroxylation sites is 2. The molecule has 3 aliphatic carbocycles. The first-order chi connectivity index (χ1) is 18.9. The summed E-state index contributed by atoms with van der Waals surface area (Å²) in [4.78, 5) is 45.8. The molecule has 1 heterocycles. The van der Waals surface area contributed by atoms with Crippen LogP contribution >= 0.6 is 11.6 Å². The molecule has 2 bridgehead atoms. The molecule has 0 aromatic heterocycles. The highest BCUT2D eigenvalue weighted by molar-refractivity contribution is 6.30. The third kappa shape index (κ3) is 3.14. The second kappa shape index (κ2) is 8.44. The van der Waals surface area contributed by atoms with Crippen molar-refractivity contribution in [2.24, 2.45) is 16.8 Å². The number of benzene rings is 4. The lowest BCUT2D eigenvalue weighted by atomic mass is 9.47. The Hall–Kier alpha value is -4.62. The average Bonchev–Trinajstić information content (AvgIpc) is 3.22. The molecule has 190 valence electrons. The largest absolute Gasteiger partial charge is 0.293 e. The number of nitro groups is 1. The molecule has 39 heavy (non-hydrogen) atoms. The van der Waals surface area contributed by atoms with E-state index in [-0.39, 0.29) is 17.3 Å². The van der Waals surface area contributed by atoms with Crippen molar-refractivity contribution in [3.8, 4) is 0 Å². The summed E-state index contributed by atoms with van der Waals surface area (Å²) in [5, 5.41) is 12.4. The Morgan fingerprint density at radius 3 is 2.15 bits per heavy atom. The molecule has 0 radical (unpaired) electrons. The van der Waals surface area contributed by atoms with E-state index in [0.29, 0.717) is 10.7 Å². The minimum Gasteiger partial charge on any atom is -0.274 e. The van der Waals surface area contributed by atoms with Gasteiger partial charge in [-0.05, 0) is 46.5 Å². The van der Waals surface area contributed by atoms with E-state index >= 15 is 0 Å². The summed E-state index contributed by atoms with van der Waals surface area (Å²) in [7, 11) is 0. The predicted octanol–water partition coefficient (Wildman–Crippen LogP) is 6.20. The molecule has 0 N–H and O–H groups in total. The van der Waals surface area contributed by atoms with Gasteiger partial charge < -0.3 is 0 Å². The quantitative estimate of drug-likeness (QED) is 0.135. The number of nitrogens with zero attached hydrogens (tertiary/aromatic N) is 3. The van der Waals surface area contributed by atoms with Crippen molar-refractivity contribution >= 4 is 46.7 Å². The molecule has 1 saturated heterocycles. The lowest BCUT2D eigenvalue weighted by Crippen LogP contribution is -2.54. The number of halogens is 1. The maximum absolute atomic E-state index is 14.4. The van der Waals surface area contributed by atoms with Gasteiger partial charge in [0.25, 0.3) is 5.69 Å². The van der Waals surface area contributed by atoms with Crippen molar-refractivity contribution in [3.05, 3.63) is 134 Å². The van der Waals surface area contributed by atoms with Gasteiger partial charge >= 0.3 is 0 Å². The van der Waals surface area contributed by atoms with Crippen molar-refractivity contribution in [2.45, 2.75) is 11.3 Å². The van der Waals surface area contributed by atoms with Gasteiger partial charge in [0.1, 0.15) is 5.69 Å². The summed E-state index contributed by atoms with van der Waals surface area (Å²) in [6.07, 6.45) is 1.78. The molecule has 4 aromatic rings. The van der Waals surface area contributed by atoms with Crippen LogP contribution in [0.1, 0.15) is 28.2 Å². The first-order valence-electron chi connectivity index (χ1n) is 12.5. The van der Waals surface area contributed by atoms with Crippen LogP contribution in [-0.4, -0.2) is 23.0 Å². The van der Waals surface area contributed by atoms with Crippen LogP contribution in [0.5, 0.6) is 0 Å². The number of carbonyl (C=O) groups excluding carboxylic acids is 2. The van der Waals surface area contributed by atoms with E-state index in [1.165, 1.54) is 18.2 Å². The Kier molecular flexibility index (Phi) is 5.09. The molecule has 8 heteroatoms. The number of carbonyl (C=O) groups is 2. The molecule has 1 aliphatic heterocycles. The zero-order valence-electron chi connectivity index (χ0n) is 20.4. The van der Waals surface area contributed by atoms with Gasteiger partial charge in [-0.2, -0.15) is 0 Å². The molecule has 1 fully saturated rings. The standard InChI is InChI=1S/C31H20ClN3O4/c32-18-8-7-9-19(16-18)33-17-31-22-12-3-1-10-20(22)26(21-11-2-4-13-23(21)31)27-28(31)30(37)34(29(27)36)24-14-5-6-15-25(24)35(38)39/h1-17,26-28H/t26?,27-,28-,31?/m1/s1. The van der Waals surface area contributed by atoms with E-state index in [2.05, 4.69) is 0 Å². The summed E-state index contributed by atoms with van der Waals surface area (Å²) in [5.74, 6) is -2.84. The summed E-state index contributed by atoms with van der Waals surface area (Å²) in [6, 6.07) is 28.7. The van der Waals surface area contributed by atoms with Crippen molar-refractivity contribution in [1.29, 1.82) is 0 Å². The Morgan fingerprint density at radius 1 is 0.846 bits per heavy atom. The van der Waals surface area contributed by atoms with E-state index in [4.69, 9.17) is 16.6 Å². The minimum atomic E-state index is -1.07. The number of imide groups is 1. The van der Waals surface area contributed by atoms with Crippen molar-refractivity contribution in [2.75, 3.05) is 4.90 Å². The molecule has 4 aromatic carbocycles. The second-order valence-electron chi connectivity index (χ2n) is 10.0. The SMILES string of the molecule is O=C1[C@@H]2C3c4ccccc4C(C=Nc4cccc(Cl)c4)(c4ccccc43)[C@H]2C(=O)N1c1ccccc1[N+](=O)[O-]. The Bertz CT molecular complexity index is 1700. The maximum atomic E-state index is 14.4. The molecule has 0 spiro atoms. The summed E-state index contributed by atoms with van der Waals surface area (Å²) < 4.78 is 0. The van der Waals surface area contributed by atoms with Gasteiger partial charge in [-0.15, -0.1) is 0 Å². The van der Waals surface area contributed by atoms with Gasteiger partial charge in [0.2, 0.25) is 11.8 Å². The minimum absolute atomic E-state index is 0.0126. The average molecular weight is 534 g/mol. The molecule has 7 nitrogen and oxygen atoms in total. The highest BCUT2D eigenvalue weighted by Gasteiger charge is 2.68. The molecule has 0 saturated carbocycles. The fourth-order valence-electron chi connectivity index (χ4n) is 6.83. The van der Waals surface area contributed by atoms with E-state index in [1.54, 1.807) is 30.5 Å². The fraction of sp³-hybridized carbons (Fsp3) is 0.129. The number of anilines is 1. The van der Waals surface area contributed by atoms with Gasteiger partial charge in [-0.1, -0.05) is 78.3 Å². The zero-order valence-corrected chi connectivity index (χ0v) is 21.2. The summed E-state index contributed by atoms with van der Waals surface area (Å²) >= 11 is 6.23. The number of hydrogen-bond acceptors (Lipinski definition) is 5. The monoisotopic (exact) mass is 533 g/mol. The van der Waals surface area contributed by atoms with Gasteiger partial charge in [-0.25, -0.2) is 4.90 Å². The van der Waals surface area contributed by atoms with Gasteiger partial charge in [0.15, 0.2) is 0 Å². The van der Waals surface area contributed by atoms with Crippen molar-refractivity contribution in [3.63, 3.8) is 0 Å². The number of nitro benzene ring substituents is 1. The van der Waals surface area contributed by atoms with Crippen molar-refractivity contribution < 1.29 is 14.5 Å². The lowest BCUT2D eigenvalue weighted by Gasteiger charge is -2.52. The molecule has 8 rings (SSSR count). The maximum Gasteiger partial charge on any atom is 0.293 e. The second-order valence-corrected chi connectivity index (χ2v) is 10.5. The number of aliphatic imine (C=N–C) groups is 1. The molecular formula is C31H20ClN3O4. The van der Waals surface area contributed by atoms with Crippen LogP contribution in [0.3, 0.4) is 0 Å². The zero-order chi connectivity index (χ0) is 26.9. The smallest absolute Gasteiger partial charge is 0.274 e. The van der Waals surface area contributed by atoms with Gasteiger partial charge in [-0.3, -0.25) is 24.7 Å². The van der Waals surface area contributed by atoms with E-state index in [1.807, 2.05) is 54.6 Å². The van der Waals surface area contributed by atoms with Crippen LogP contribution < -0.4 is 4.90 Å². The van der Waals surface area contributed by atoms with Crippen LogP contribution in [0.2, 0.25) is 5.02 Å². The molecule has 0 unspecified atom stereocenters. The first kappa shape index (κ1) is 23.5. The van der Waals surface area contributed by atoms with Gasteiger partial charge in [0, 0.05) is 23.2 Å². The third-order valence-electron chi connectivity index (χ3n) is 8.23. The topological polar surface area (TPSA) is 92.9 Å². The Morgan fingerprint density at radius 2 is 1.49 bits per heavy atom. The van der Waals surface area contributed by atoms with Gasteiger partial charge in [0.05, 0.1) is 27.9 Å². The Balaban J connectivity index is 1.51.